The first-order valence-corrected chi connectivity index (χ1v) is 11.7. The minimum absolute atomic E-state index is 0.0236. The van der Waals surface area contributed by atoms with E-state index in [4.69, 9.17) is 0 Å². The molecule has 0 spiro atoms. The molecular weight excluding hydrogens is 488 g/mol. The summed E-state index contributed by atoms with van der Waals surface area (Å²) in [4.78, 5) is 42.1. The molecular formula is C21H24Br2N2O3. The van der Waals surface area contributed by atoms with Crippen molar-refractivity contribution in [1.82, 2.24) is 4.90 Å². The van der Waals surface area contributed by atoms with E-state index in [1.54, 1.807) is 24.3 Å². The zero-order chi connectivity index (χ0) is 20.0. The number of alkyl halides is 2. The van der Waals surface area contributed by atoms with Crippen molar-refractivity contribution >= 4 is 55.3 Å². The van der Waals surface area contributed by atoms with Crippen LogP contribution < -0.4 is 4.90 Å². The lowest BCUT2D eigenvalue weighted by Crippen LogP contribution is -2.38. The molecule has 1 aromatic rings. The first-order valence-electron chi connectivity index (χ1n) is 9.92. The minimum Gasteiger partial charge on any atom is -0.339 e. The molecule has 4 rings (SSSR count). The molecule has 0 aromatic heterocycles. The maximum absolute atomic E-state index is 12.9. The zero-order valence-corrected chi connectivity index (χ0v) is 19.0. The van der Waals surface area contributed by atoms with E-state index in [1.807, 2.05) is 4.90 Å². The van der Waals surface area contributed by atoms with E-state index < -0.39 is 0 Å². The second-order valence-electron chi connectivity index (χ2n) is 8.25. The quantitative estimate of drug-likeness (QED) is 0.445. The summed E-state index contributed by atoms with van der Waals surface area (Å²) in [6, 6.07) is 6.92. The van der Waals surface area contributed by atoms with Crippen LogP contribution in [0, 0.1) is 17.8 Å². The Bertz CT molecular complexity index is 761. The summed E-state index contributed by atoms with van der Waals surface area (Å²) in [7, 11) is 0. The van der Waals surface area contributed by atoms with Crippen LogP contribution in [-0.2, 0) is 9.59 Å². The van der Waals surface area contributed by atoms with Crippen molar-refractivity contribution in [3.8, 4) is 0 Å². The zero-order valence-electron chi connectivity index (χ0n) is 15.8. The number of likely N-dealkylation sites (tertiary alicyclic amines) is 1. The number of amides is 3. The van der Waals surface area contributed by atoms with Crippen LogP contribution in [0.3, 0.4) is 0 Å². The van der Waals surface area contributed by atoms with Gasteiger partial charge >= 0.3 is 0 Å². The highest BCUT2D eigenvalue weighted by molar-refractivity contribution is 9.12. The monoisotopic (exact) mass is 510 g/mol. The molecule has 0 N–H and O–H groups in total. The summed E-state index contributed by atoms with van der Waals surface area (Å²) in [6.07, 6.45) is 3.39. The predicted octanol–water partition coefficient (Wildman–Crippen LogP) is 3.99. The second kappa shape index (κ2) is 7.90. The van der Waals surface area contributed by atoms with Crippen molar-refractivity contribution in [2.45, 2.75) is 42.3 Å². The molecule has 3 aliphatic rings. The SMILES string of the molecule is CC1CCN(C(=O)c2ccc(N3C(=O)[C@H]4C[C@H](Br)[C@@H](Br)C[C@H]4C3=O)cc2)CC1. The number of rotatable bonds is 2. The third-order valence-electron chi connectivity index (χ3n) is 6.35. The normalized spacial score (nSPS) is 31.2. The lowest BCUT2D eigenvalue weighted by Gasteiger charge is -2.30. The second-order valence-corrected chi connectivity index (χ2v) is 10.6. The first-order chi connectivity index (χ1) is 13.4. The Hall–Kier alpha value is -1.21. The molecule has 3 amide bonds. The fourth-order valence-corrected chi connectivity index (χ4v) is 5.73. The van der Waals surface area contributed by atoms with Crippen LogP contribution in [0.1, 0.15) is 43.0 Å². The van der Waals surface area contributed by atoms with Crippen molar-refractivity contribution < 1.29 is 14.4 Å². The molecule has 2 aliphatic heterocycles. The van der Waals surface area contributed by atoms with Gasteiger partial charge in [-0.05, 0) is 55.9 Å². The van der Waals surface area contributed by atoms with Gasteiger partial charge in [-0.2, -0.15) is 0 Å². The van der Waals surface area contributed by atoms with Gasteiger partial charge < -0.3 is 4.90 Å². The molecule has 1 aromatic carbocycles. The fraction of sp³-hybridized carbons (Fsp3) is 0.571. The Morgan fingerprint density at radius 1 is 0.929 bits per heavy atom. The number of piperidine rings is 1. The Morgan fingerprint density at radius 2 is 1.43 bits per heavy atom. The number of benzene rings is 1. The van der Waals surface area contributed by atoms with E-state index in [2.05, 4.69) is 38.8 Å². The van der Waals surface area contributed by atoms with E-state index in [-0.39, 0.29) is 39.2 Å². The number of fused-ring (bicyclic) bond motifs is 1. The highest BCUT2D eigenvalue weighted by Crippen LogP contribution is 2.44. The molecule has 3 fully saturated rings. The lowest BCUT2D eigenvalue weighted by atomic mass is 9.81. The van der Waals surface area contributed by atoms with Crippen LogP contribution in [-0.4, -0.2) is 45.4 Å². The maximum atomic E-state index is 12.9. The Morgan fingerprint density at radius 3 is 1.93 bits per heavy atom. The van der Waals surface area contributed by atoms with E-state index in [0.717, 1.165) is 25.9 Å². The van der Waals surface area contributed by atoms with Crippen molar-refractivity contribution in [2.24, 2.45) is 17.8 Å². The summed E-state index contributed by atoms with van der Waals surface area (Å²) in [6.45, 7) is 3.79. The summed E-state index contributed by atoms with van der Waals surface area (Å²) in [5, 5.41) is 0. The lowest BCUT2D eigenvalue weighted by molar-refractivity contribution is -0.122. The molecule has 0 unspecified atom stereocenters. The van der Waals surface area contributed by atoms with Gasteiger partial charge in [0, 0.05) is 28.3 Å². The van der Waals surface area contributed by atoms with Gasteiger partial charge in [0.15, 0.2) is 0 Å². The topological polar surface area (TPSA) is 57.7 Å². The number of hydrogen-bond acceptors (Lipinski definition) is 3. The van der Waals surface area contributed by atoms with Crippen LogP contribution in [0.15, 0.2) is 24.3 Å². The molecule has 2 heterocycles. The summed E-state index contributed by atoms with van der Waals surface area (Å²) in [5.41, 5.74) is 1.17. The van der Waals surface area contributed by atoms with Gasteiger partial charge in [0.2, 0.25) is 11.8 Å². The number of carbonyl (C=O) groups is 3. The number of nitrogens with zero attached hydrogens (tertiary/aromatic N) is 2. The van der Waals surface area contributed by atoms with Gasteiger partial charge in [-0.1, -0.05) is 38.8 Å². The van der Waals surface area contributed by atoms with Gasteiger partial charge in [-0.15, -0.1) is 0 Å². The van der Waals surface area contributed by atoms with E-state index in [9.17, 15) is 14.4 Å². The van der Waals surface area contributed by atoms with Gasteiger partial charge in [-0.25, -0.2) is 0 Å². The minimum atomic E-state index is -0.262. The molecule has 0 bridgehead atoms. The molecule has 28 heavy (non-hydrogen) atoms. The molecule has 5 nitrogen and oxygen atoms in total. The summed E-state index contributed by atoms with van der Waals surface area (Å²) < 4.78 is 0. The third-order valence-corrected chi connectivity index (χ3v) is 9.09. The van der Waals surface area contributed by atoms with Gasteiger partial charge in [0.1, 0.15) is 0 Å². The number of halogens is 2. The van der Waals surface area contributed by atoms with E-state index in [0.29, 0.717) is 30.0 Å². The highest BCUT2D eigenvalue weighted by atomic mass is 79.9. The molecule has 7 heteroatoms. The molecule has 0 radical (unpaired) electrons. The van der Waals surface area contributed by atoms with Crippen LogP contribution >= 0.6 is 31.9 Å². The van der Waals surface area contributed by atoms with Crippen molar-refractivity contribution in [2.75, 3.05) is 18.0 Å². The average molecular weight is 512 g/mol. The number of imide groups is 1. The van der Waals surface area contributed by atoms with Crippen molar-refractivity contribution in [1.29, 1.82) is 0 Å². The number of carbonyl (C=O) groups excluding carboxylic acids is 3. The average Bonchev–Trinajstić information content (AvgIpc) is 2.92. The van der Waals surface area contributed by atoms with E-state index >= 15 is 0 Å². The number of anilines is 1. The predicted molar refractivity (Wildman–Crippen MR) is 115 cm³/mol. The highest BCUT2D eigenvalue weighted by Gasteiger charge is 2.52. The molecule has 1 saturated carbocycles. The standard InChI is InChI=1S/C21H24Br2N2O3/c1-12-6-8-24(9-7-12)19(26)13-2-4-14(5-3-13)25-20(27)15-10-17(22)18(23)11-16(15)21(25)28/h2-5,12,15-18H,6-11H2,1H3/t15-,16+,17-,18-/m0/s1. The Balaban J connectivity index is 1.50. The van der Waals surface area contributed by atoms with Gasteiger partial charge in [0.25, 0.3) is 5.91 Å². The Labute approximate surface area is 182 Å². The van der Waals surface area contributed by atoms with E-state index in [1.165, 1.54) is 4.90 Å². The van der Waals surface area contributed by atoms with Crippen molar-refractivity contribution in [3.05, 3.63) is 29.8 Å². The summed E-state index contributed by atoms with van der Waals surface area (Å²) >= 11 is 7.22. The van der Waals surface area contributed by atoms with Crippen molar-refractivity contribution in [3.63, 3.8) is 0 Å². The van der Waals surface area contributed by atoms with Gasteiger partial charge in [-0.3, -0.25) is 19.3 Å². The van der Waals surface area contributed by atoms with Crippen LogP contribution in [0.5, 0.6) is 0 Å². The molecule has 150 valence electrons. The first kappa shape index (κ1) is 20.1. The summed E-state index contributed by atoms with van der Waals surface area (Å²) in [5.74, 6) is -0.0774. The largest absolute Gasteiger partial charge is 0.339 e. The van der Waals surface area contributed by atoms with Crippen LogP contribution in [0.25, 0.3) is 0 Å². The molecule has 1 aliphatic carbocycles. The van der Waals surface area contributed by atoms with Gasteiger partial charge in [0.05, 0.1) is 17.5 Å². The third kappa shape index (κ3) is 3.56. The van der Waals surface area contributed by atoms with Crippen LogP contribution in [0.4, 0.5) is 5.69 Å². The Kier molecular flexibility index (Phi) is 5.67. The van der Waals surface area contributed by atoms with Crippen LogP contribution in [0.2, 0.25) is 0 Å². The maximum Gasteiger partial charge on any atom is 0.253 e. The molecule has 2 saturated heterocycles. The fourth-order valence-electron chi connectivity index (χ4n) is 4.50. The smallest absolute Gasteiger partial charge is 0.253 e. The number of hydrogen-bond donors (Lipinski definition) is 0. The molecule has 4 atom stereocenters.